The summed E-state index contributed by atoms with van der Waals surface area (Å²) in [4.78, 5) is 23.6. The van der Waals surface area contributed by atoms with Crippen LogP contribution in [0.3, 0.4) is 0 Å². The summed E-state index contributed by atoms with van der Waals surface area (Å²) in [5, 5.41) is 4.94. The Balaban J connectivity index is 1.90. The zero-order valence-corrected chi connectivity index (χ0v) is 12.9. The molecule has 2 N–H and O–H groups in total. The molecule has 2 amide bonds. The second-order valence-electron chi connectivity index (χ2n) is 5.22. The molecule has 0 radical (unpaired) electrons. The van der Waals surface area contributed by atoms with Crippen LogP contribution in [0, 0.1) is 5.82 Å². The predicted molar refractivity (Wildman–Crippen MR) is 88.7 cm³/mol. The molecular formula is C18H19FN2O2. The van der Waals surface area contributed by atoms with Gasteiger partial charge in [0, 0.05) is 11.4 Å². The van der Waals surface area contributed by atoms with E-state index in [0.717, 1.165) is 19.3 Å². The van der Waals surface area contributed by atoms with Gasteiger partial charge in [-0.05, 0) is 54.8 Å². The fourth-order valence-corrected chi connectivity index (χ4v) is 2.04. The van der Waals surface area contributed by atoms with E-state index >= 15 is 0 Å². The molecule has 23 heavy (non-hydrogen) atoms. The van der Waals surface area contributed by atoms with Gasteiger partial charge in [-0.1, -0.05) is 25.5 Å². The molecule has 5 heteroatoms. The van der Waals surface area contributed by atoms with Gasteiger partial charge in [-0.2, -0.15) is 0 Å². The summed E-state index contributed by atoms with van der Waals surface area (Å²) in [6.07, 6.45) is 3.24. The van der Waals surface area contributed by atoms with Crippen molar-refractivity contribution in [2.75, 3.05) is 10.6 Å². The van der Waals surface area contributed by atoms with E-state index in [2.05, 4.69) is 17.6 Å². The molecule has 0 spiro atoms. The van der Waals surface area contributed by atoms with Crippen molar-refractivity contribution >= 4 is 23.2 Å². The Morgan fingerprint density at radius 1 is 0.870 bits per heavy atom. The van der Waals surface area contributed by atoms with Crippen LogP contribution in [0.5, 0.6) is 0 Å². The maximum Gasteiger partial charge on any atom is 0.314 e. The zero-order valence-electron chi connectivity index (χ0n) is 12.9. The minimum absolute atomic E-state index is 0.362. The zero-order chi connectivity index (χ0) is 16.7. The van der Waals surface area contributed by atoms with Gasteiger partial charge in [0.05, 0.1) is 0 Å². The number of amides is 2. The highest BCUT2D eigenvalue weighted by molar-refractivity contribution is 6.43. The molecule has 4 nitrogen and oxygen atoms in total. The Morgan fingerprint density at radius 2 is 1.35 bits per heavy atom. The molecule has 0 bridgehead atoms. The number of aryl methyl sites for hydroxylation is 1. The van der Waals surface area contributed by atoms with Crippen LogP contribution in [0.1, 0.15) is 25.3 Å². The van der Waals surface area contributed by atoms with E-state index in [0.29, 0.717) is 11.4 Å². The number of hydrogen-bond donors (Lipinski definition) is 2. The fourth-order valence-electron chi connectivity index (χ4n) is 2.04. The van der Waals surface area contributed by atoms with Crippen molar-refractivity contribution in [3.8, 4) is 0 Å². The van der Waals surface area contributed by atoms with E-state index in [1.54, 1.807) is 12.1 Å². The number of hydrogen-bond acceptors (Lipinski definition) is 2. The number of nitrogens with one attached hydrogen (secondary N) is 2. The summed E-state index contributed by atoms with van der Waals surface area (Å²) in [7, 11) is 0. The lowest BCUT2D eigenvalue weighted by atomic mass is 10.1. The smallest absolute Gasteiger partial charge is 0.314 e. The number of rotatable bonds is 5. The number of carbonyl (C=O) groups excluding carboxylic acids is 2. The van der Waals surface area contributed by atoms with Gasteiger partial charge in [0.25, 0.3) is 0 Å². The van der Waals surface area contributed by atoms with Gasteiger partial charge in [0.1, 0.15) is 5.82 Å². The SMILES string of the molecule is CCCCc1ccc(NC(=O)C(=O)Nc2ccc(F)cc2)cc1. The first kappa shape index (κ1) is 16.7. The Bertz CT molecular complexity index is 666. The molecule has 0 saturated heterocycles. The predicted octanol–water partition coefficient (Wildman–Crippen LogP) is 3.75. The van der Waals surface area contributed by atoms with Gasteiger partial charge in [0.2, 0.25) is 0 Å². The van der Waals surface area contributed by atoms with Crippen molar-refractivity contribution < 1.29 is 14.0 Å². The Kier molecular flexibility index (Phi) is 5.86. The summed E-state index contributed by atoms with van der Waals surface area (Å²) < 4.78 is 12.8. The van der Waals surface area contributed by atoms with E-state index in [1.807, 2.05) is 12.1 Å². The van der Waals surface area contributed by atoms with E-state index < -0.39 is 17.6 Å². The lowest BCUT2D eigenvalue weighted by Gasteiger charge is -2.07. The minimum atomic E-state index is -0.799. The molecule has 0 aliphatic heterocycles. The largest absolute Gasteiger partial charge is 0.318 e. The molecular weight excluding hydrogens is 295 g/mol. The lowest BCUT2D eigenvalue weighted by Crippen LogP contribution is -2.29. The first-order valence-electron chi connectivity index (χ1n) is 7.55. The monoisotopic (exact) mass is 314 g/mol. The summed E-state index contributed by atoms with van der Waals surface area (Å²) in [5.74, 6) is -1.97. The van der Waals surface area contributed by atoms with Gasteiger partial charge in [-0.25, -0.2) is 4.39 Å². The number of benzene rings is 2. The molecule has 120 valence electrons. The van der Waals surface area contributed by atoms with Crippen molar-refractivity contribution in [1.82, 2.24) is 0 Å². The van der Waals surface area contributed by atoms with Crippen LogP contribution in [0.2, 0.25) is 0 Å². The van der Waals surface area contributed by atoms with Crippen LogP contribution in [-0.2, 0) is 16.0 Å². The van der Waals surface area contributed by atoms with Crippen molar-refractivity contribution in [1.29, 1.82) is 0 Å². The second-order valence-corrected chi connectivity index (χ2v) is 5.22. The van der Waals surface area contributed by atoms with Crippen molar-refractivity contribution in [2.45, 2.75) is 26.2 Å². The van der Waals surface area contributed by atoms with E-state index in [4.69, 9.17) is 0 Å². The molecule has 2 aromatic rings. The van der Waals surface area contributed by atoms with E-state index in [9.17, 15) is 14.0 Å². The molecule has 2 aromatic carbocycles. The Morgan fingerprint density at radius 3 is 1.83 bits per heavy atom. The number of unbranched alkanes of at least 4 members (excludes halogenated alkanes) is 1. The molecule has 0 aliphatic rings. The third kappa shape index (κ3) is 5.21. The summed E-state index contributed by atoms with van der Waals surface area (Å²) in [6, 6.07) is 12.6. The van der Waals surface area contributed by atoms with Crippen LogP contribution in [0.25, 0.3) is 0 Å². The van der Waals surface area contributed by atoms with Crippen LogP contribution >= 0.6 is 0 Å². The fraction of sp³-hybridized carbons (Fsp3) is 0.222. The molecule has 0 saturated carbocycles. The third-order valence-corrected chi connectivity index (χ3v) is 3.34. The van der Waals surface area contributed by atoms with Gasteiger partial charge in [-0.3, -0.25) is 9.59 Å². The summed E-state index contributed by atoms with van der Waals surface area (Å²) >= 11 is 0. The third-order valence-electron chi connectivity index (χ3n) is 3.34. The maximum atomic E-state index is 12.8. The molecule has 2 rings (SSSR count). The first-order valence-corrected chi connectivity index (χ1v) is 7.55. The van der Waals surface area contributed by atoms with Gasteiger partial charge in [0.15, 0.2) is 0 Å². The Labute approximate surface area is 134 Å². The first-order chi connectivity index (χ1) is 11.1. The number of halogens is 1. The van der Waals surface area contributed by atoms with Crippen molar-refractivity contribution in [3.63, 3.8) is 0 Å². The van der Waals surface area contributed by atoms with Crippen LogP contribution in [0.15, 0.2) is 48.5 Å². The van der Waals surface area contributed by atoms with Crippen molar-refractivity contribution in [2.24, 2.45) is 0 Å². The second kappa shape index (κ2) is 8.08. The van der Waals surface area contributed by atoms with Crippen LogP contribution < -0.4 is 10.6 Å². The van der Waals surface area contributed by atoms with Crippen LogP contribution in [-0.4, -0.2) is 11.8 Å². The highest BCUT2D eigenvalue weighted by atomic mass is 19.1. The average molecular weight is 314 g/mol. The van der Waals surface area contributed by atoms with Gasteiger partial charge >= 0.3 is 11.8 Å². The van der Waals surface area contributed by atoms with Gasteiger partial charge < -0.3 is 10.6 Å². The standard InChI is InChI=1S/C18H19FN2O2/c1-2-3-4-13-5-9-15(10-6-13)20-17(22)18(23)21-16-11-7-14(19)8-12-16/h5-12H,2-4H2,1H3,(H,20,22)(H,21,23). The van der Waals surface area contributed by atoms with Crippen molar-refractivity contribution in [3.05, 3.63) is 59.9 Å². The molecule has 0 atom stereocenters. The number of carbonyl (C=O) groups is 2. The summed E-state index contributed by atoms with van der Waals surface area (Å²) in [6.45, 7) is 2.13. The molecule has 0 aromatic heterocycles. The molecule has 0 aliphatic carbocycles. The highest BCUT2D eigenvalue weighted by Gasteiger charge is 2.14. The minimum Gasteiger partial charge on any atom is -0.318 e. The Hall–Kier alpha value is -2.69. The lowest BCUT2D eigenvalue weighted by molar-refractivity contribution is -0.132. The maximum absolute atomic E-state index is 12.8. The van der Waals surface area contributed by atoms with E-state index in [1.165, 1.54) is 29.8 Å². The highest BCUT2D eigenvalue weighted by Crippen LogP contribution is 2.12. The van der Waals surface area contributed by atoms with Crippen LogP contribution in [0.4, 0.5) is 15.8 Å². The normalized spacial score (nSPS) is 10.2. The van der Waals surface area contributed by atoms with Gasteiger partial charge in [-0.15, -0.1) is 0 Å². The summed E-state index contributed by atoms with van der Waals surface area (Å²) in [5.41, 5.74) is 2.12. The molecule has 0 heterocycles. The molecule has 0 unspecified atom stereocenters. The average Bonchev–Trinajstić information content (AvgIpc) is 2.56. The topological polar surface area (TPSA) is 58.2 Å². The quantitative estimate of drug-likeness (QED) is 0.826. The van der Waals surface area contributed by atoms with E-state index in [-0.39, 0.29) is 0 Å². The molecule has 0 fully saturated rings. The number of anilines is 2.